The lowest BCUT2D eigenvalue weighted by Crippen LogP contribution is -2.34. The maximum absolute atomic E-state index is 11.9. The van der Waals surface area contributed by atoms with Gasteiger partial charge in [-0.15, -0.1) is 0 Å². The highest BCUT2D eigenvalue weighted by Gasteiger charge is 2.22. The van der Waals surface area contributed by atoms with Crippen LogP contribution in [0.15, 0.2) is 36.4 Å². The fourth-order valence-electron chi connectivity index (χ4n) is 3.58. The van der Waals surface area contributed by atoms with Gasteiger partial charge >= 0.3 is 6.09 Å². The molecule has 1 saturated carbocycles. The number of aromatic nitrogens is 2. The van der Waals surface area contributed by atoms with Gasteiger partial charge < -0.3 is 20.3 Å². The predicted molar refractivity (Wildman–Crippen MR) is 115 cm³/mol. The van der Waals surface area contributed by atoms with E-state index in [1.54, 1.807) is 0 Å². The minimum absolute atomic E-state index is 0.302. The SMILES string of the molecule is Cc1nc(NC2CCC(CNC(=O)OCc3ccccc3)CC2)cc(N(C)C)n1. The van der Waals surface area contributed by atoms with Crippen molar-refractivity contribution >= 4 is 17.7 Å². The van der Waals surface area contributed by atoms with Gasteiger partial charge in [-0.1, -0.05) is 30.3 Å². The summed E-state index contributed by atoms with van der Waals surface area (Å²) >= 11 is 0. The molecule has 1 aliphatic carbocycles. The molecule has 1 heterocycles. The van der Waals surface area contributed by atoms with E-state index in [-0.39, 0.29) is 6.09 Å². The molecular formula is C22H31N5O2. The third kappa shape index (κ3) is 6.62. The molecule has 0 radical (unpaired) electrons. The number of carbonyl (C=O) groups excluding carboxylic acids is 1. The number of aryl methyl sites for hydroxylation is 1. The molecule has 2 N–H and O–H groups in total. The van der Waals surface area contributed by atoms with E-state index in [1.165, 1.54) is 0 Å². The zero-order chi connectivity index (χ0) is 20.6. The maximum Gasteiger partial charge on any atom is 0.407 e. The van der Waals surface area contributed by atoms with Crippen LogP contribution < -0.4 is 15.5 Å². The lowest BCUT2D eigenvalue weighted by atomic mass is 9.86. The van der Waals surface area contributed by atoms with Gasteiger partial charge in [-0.3, -0.25) is 0 Å². The second-order valence-corrected chi connectivity index (χ2v) is 7.86. The molecule has 0 aliphatic heterocycles. The molecule has 0 atom stereocenters. The van der Waals surface area contributed by atoms with Crippen LogP contribution in [0.25, 0.3) is 0 Å². The molecule has 0 saturated heterocycles. The Morgan fingerprint density at radius 3 is 2.55 bits per heavy atom. The third-order valence-corrected chi connectivity index (χ3v) is 5.23. The first-order valence-corrected chi connectivity index (χ1v) is 10.2. The molecule has 1 aliphatic rings. The van der Waals surface area contributed by atoms with Crippen molar-refractivity contribution in [2.75, 3.05) is 30.9 Å². The van der Waals surface area contributed by atoms with Gasteiger partial charge in [-0.2, -0.15) is 0 Å². The van der Waals surface area contributed by atoms with Crippen LogP contribution in [0.3, 0.4) is 0 Å². The Kier molecular flexibility index (Phi) is 7.27. The molecular weight excluding hydrogens is 366 g/mol. The van der Waals surface area contributed by atoms with E-state index in [0.717, 1.165) is 48.7 Å². The molecule has 0 bridgehead atoms. The number of nitrogens with one attached hydrogen (secondary N) is 2. The summed E-state index contributed by atoms with van der Waals surface area (Å²) in [6.45, 7) is 2.88. The van der Waals surface area contributed by atoms with E-state index < -0.39 is 0 Å². The van der Waals surface area contributed by atoms with Crippen LogP contribution in [-0.4, -0.2) is 42.7 Å². The summed E-state index contributed by atoms with van der Waals surface area (Å²) in [6, 6.07) is 12.1. The second-order valence-electron chi connectivity index (χ2n) is 7.86. The lowest BCUT2D eigenvalue weighted by Gasteiger charge is -2.29. The summed E-state index contributed by atoms with van der Waals surface area (Å²) in [7, 11) is 3.96. The van der Waals surface area contributed by atoms with Crippen molar-refractivity contribution < 1.29 is 9.53 Å². The molecule has 1 amide bonds. The summed E-state index contributed by atoms with van der Waals surface area (Å²) in [5, 5.41) is 6.46. The number of carbonyl (C=O) groups is 1. The Balaban J connectivity index is 1.38. The Morgan fingerprint density at radius 2 is 1.86 bits per heavy atom. The molecule has 2 aromatic rings. The standard InChI is InChI=1S/C22H31N5O2/c1-16-24-20(13-21(25-16)27(2)3)26-19-11-9-17(10-12-19)14-23-22(28)29-15-18-7-5-4-6-8-18/h4-8,13,17,19H,9-12,14-15H2,1-3H3,(H,23,28)(H,24,25,26). The average molecular weight is 398 g/mol. The third-order valence-electron chi connectivity index (χ3n) is 5.23. The van der Waals surface area contributed by atoms with E-state index in [1.807, 2.05) is 62.3 Å². The first-order chi connectivity index (χ1) is 14.0. The van der Waals surface area contributed by atoms with E-state index in [2.05, 4.69) is 20.6 Å². The van der Waals surface area contributed by atoms with Crippen LogP contribution in [0, 0.1) is 12.8 Å². The zero-order valence-corrected chi connectivity index (χ0v) is 17.5. The van der Waals surface area contributed by atoms with Gasteiger partial charge in [0.05, 0.1) is 0 Å². The topological polar surface area (TPSA) is 79.4 Å². The van der Waals surface area contributed by atoms with Crippen molar-refractivity contribution in [3.05, 3.63) is 47.8 Å². The molecule has 7 nitrogen and oxygen atoms in total. The van der Waals surface area contributed by atoms with Crippen molar-refractivity contribution in [2.24, 2.45) is 5.92 Å². The summed E-state index contributed by atoms with van der Waals surface area (Å²) in [5.41, 5.74) is 0.992. The van der Waals surface area contributed by atoms with Crippen molar-refractivity contribution in [3.63, 3.8) is 0 Å². The maximum atomic E-state index is 11.9. The molecule has 1 aromatic heterocycles. The molecule has 1 fully saturated rings. The number of alkyl carbamates (subject to hydrolysis) is 1. The number of rotatable bonds is 7. The highest BCUT2D eigenvalue weighted by molar-refractivity contribution is 5.67. The van der Waals surface area contributed by atoms with Crippen LogP contribution in [0.5, 0.6) is 0 Å². The summed E-state index contributed by atoms with van der Waals surface area (Å²) in [6.07, 6.45) is 3.92. The normalized spacial score (nSPS) is 18.7. The quantitative estimate of drug-likeness (QED) is 0.741. The van der Waals surface area contributed by atoms with Crippen LogP contribution >= 0.6 is 0 Å². The fourth-order valence-corrected chi connectivity index (χ4v) is 3.58. The minimum atomic E-state index is -0.346. The fraction of sp³-hybridized carbons (Fsp3) is 0.500. The highest BCUT2D eigenvalue weighted by Crippen LogP contribution is 2.26. The van der Waals surface area contributed by atoms with E-state index in [0.29, 0.717) is 25.1 Å². The highest BCUT2D eigenvalue weighted by atomic mass is 16.5. The number of amides is 1. The zero-order valence-electron chi connectivity index (χ0n) is 17.5. The van der Waals surface area contributed by atoms with Gasteiger partial charge in [-0.25, -0.2) is 14.8 Å². The molecule has 156 valence electrons. The first kappa shape index (κ1) is 20.9. The van der Waals surface area contributed by atoms with Crippen LogP contribution in [-0.2, 0) is 11.3 Å². The van der Waals surface area contributed by atoms with Crippen molar-refractivity contribution in [2.45, 2.75) is 45.3 Å². The second kappa shape index (κ2) is 10.1. The molecule has 7 heteroatoms. The summed E-state index contributed by atoms with van der Waals surface area (Å²) in [4.78, 5) is 22.9. The summed E-state index contributed by atoms with van der Waals surface area (Å²) < 4.78 is 5.28. The van der Waals surface area contributed by atoms with Crippen molar-refractivity contribution in [1.82, 2.24) is 15.3 Å². The van der Waals surface area contributed by atoms with Gasteiger partial charge in [-0.05, 0) is 44.1 Å². The molecule has 0 unspecified atom stereocenters. The van der Waals surface area contributed by atoms with Crippen molar-refractivity contribution in [1.29, 1.82) is 0 Å². The Hall–Kier alpha value is -2.83. The number of hydrogen-bond acceptors (Lipinski definition) is 6. The largest absolute Gasteiger partial charge is 0.445 e. The molecule has 29 heavy (non-hydrogen) atoms. The van der Waals surface area contributed by atoms with E-state index in [4.69, 9.17) is 4.74 Å². The molecule has 1 aromatic carbocycles. The molecule has 3 rings (SSSR count). The monoisotopic (exact) mass is 397 g/mol. The number of anilines is 2. The van der Waals surface area contributed by atoms with Gasteiger partial charge in [0.25, 0.3) is 0 Å². The van der Waals surface area contributed by atoms with Gasteiger partial charge in [0.2, 0.25) is 0 Å². The first-order valence-electron chi connectivity index (χ1n) is 10.2. The van der Waals surface area contributed by atoms with Crippen molar-refractivity contribution in [3.8, 4) is 0 Å². The Bertz CT molecular complexity index is 789. The Morgan fingerprint density at radius 1 is 1.14 bits per heavy atom. The molecule has 0 spiro atoms. The Labute approximate surface area is 172 Å². The smallest absolute Gasteiger partial charge is 0.407 e. The lowest BCUT2D eigenvalue weighted by molar-refractivity contribution is 0.136. The van der Waals surface area contributed by atoms with Crippen LogP contribution in [0.2, 0.25) is 0 Å². The van der Waals surface area contributed by atoms with Crippen LogP contribution in [0.1, 0.15) is 37.1 Å². The predicted octanol–water partition coefficient (Wildman–Crippen LogP) is 3.75. The number of hydrogen-bond donors (Lipinski definition) is 2. The van der Waals surface area contributed by atoms with E-state index in [9.17, 15) is 4.79 Å². The van der Waals surface area contributed by atoms with E-state index >= 15 is 0 Å². The van der Waals surface area contributed by atoms with Gasteiger partial charge in [0.1, 0.15) is 24.1 Å². The average Bonchev–Trinajstić information content (AvgIpc) is 2.72. The summed E-state index contributed by atoms with van der Waals surface area (Å²) in [5.74, 6) is 3.05. The van der Waals surface area contributed by atoms with Crippen LogP contribution in [0.4, 0.5) is 16.4 Å². The van der Waals surface area contributed by atoms with Gasteiger partial charge in [0, 0.05) is 32.7 Å². The number of benzene rings is 1. The minimum Gasteiger partial charge on any atom is -0.445 e. The number of nitrogens with zero attached hydrogens (tertiary/aromatic N) is 3. The number of ether oxygens (including phenoxy) is 1. The van der Waals surface area contributed by atoms with Gasteiger partial charge in [0.15, 0.2) is 0 Å².